The number of nitrogens with one attached hydrogen (secondary N) is 1. The number of halogens is 1. The van der Waals surface area contributed by atoms with Crippen LogP contribution in [0.25, 0.3) is 0 Å². The van der Waals surface area contributed by atoms with Gasteiger partial charge in [0.25, 0.3) is 11.6 Å². The lowest BCUT2D eigenvalue weighted by atomic mass is 10.1. The number of rotatable bonds is 5. The number of anilines is 1. The molecule has 1 amide bonds. The summed E-state index contributed by atoms with van der Waals surface area (Å²) in [6, 6.07) is 8.38. The quantitative estimate of drug-likeness (QED) is 0.536. The van der Waals surface area contributed by atoms with Crippen LogP contribution in [0.15, 0.2) is 41.3 Å². The molecule has 2 aromatic carbocycles. The molecule has 0 bridgehead atoms. The summed E-state index contributed by atoms with van der Waals surface area (Å²) < 4.78 is 27.6. The summed E-state index contributed by atoms with van der Waals surface area (Å²) in [5.74, 6) is -0.586. The number of nitro groups is 1. The number of carbonyl (C=O) groups excluding carboxylic acids is 1. The second kappa shape index (κ2) is 9.11. The van der Waals surface area contributed by atoms with Crippen LogP contribution in [0.2, 0.25) is 5.02 Å². The third-order valence-electron chi connectivity index (χ3n) is 5.04. The minimum Gasteiger partial charge on any atom is -0.322 e. The Morgan fingerprint density at radius 3 is 2.40 bits per heavy atom. The van der Waals surface area contributed by atoms with Gasteiger partial charge in [0.15, 0.2) is 0 Å². The van der Waals surface area contributed by atoms with E-state index in [1.54, 1.807) is 13.0 Å². The molecule has 10 heteroatoms. The van der Waals surface area contributed by atoms with E-state index >= 15 is 0 Å². The summed E-state index contributed by atoms with van der Waals surface area (Å²) in [5, 5.41) is 13.7. The summed E-state index contributed by atoms with van der Waals surface area (Å²) in [6.07, 6.45) is 3.52. The van der Waals surface area contributed by atoms with Crippen LogP contribution in [0.1, 0.15) is 41.6 Å². The Morgan fingerprint density at radius 2 is 1.77 bits per heavy atom. The van der Waals surface area contributed by atoms with Crippen molar-refractivity contribution in [3.8, 4) is 0 Å². The molecule has 3 rings (SSSR count). The number of hydrogen-bond donors (Lipinski definition) is 1. The van der Waals surface area contributed by atoms with Crippen LogP contribution >= 0.6 is 11.6 Å². The van der Waals surface area contributed by atoms with Gasteiger partial charge < -0.3 is 5.32 Å². The van der Waals surface area contributed by atoms with Gasteiger partial charge in [-0.3, -0.25) is 14.9 Å². The normalized spacial score (nSPS) is 15.4. The molecule has 2 aromatic rings. The maximum absolute atomic E-state index is 13.1. The molecule has 1 aliphatic heterocycles. The Hall–Kier alpha value is -2.49. The van der Waals surface area contributed by atoms with Crippen LogP contribution in [0.5, 0.6) is 0 Å². The van der Waals surface area contributed by atoms with Gasteiger partial charge in [0.05, 0.1) is 9.95 Å². The number of aryl methyl sites for hydroxylation is 1. The fourth-order valence-electron chi connectivity index (χ4n) is 3.35. The third-order valence-corrected chi connectivity index (χ3v) is 7.42. The third kappa shape index (κ3) is 4.80. The lowest BCUT2D eigenvalue weighted by Gasteiger charge is -2.21. The number of hydrogen-bond acceptors (Lipinski definition) is 5. The van der Waals surface area contributed by atoms with Crippen LogP contribution in [-0.4, -0.2) is 36.6 Å². The fraction of sp³-hybridized carbons (Fsp3) is 0.350. The second-order valence-corrected chi connectivity index (χ2v) is 9.49. The highest BCUT2D eigenvalue weighted by atomic mass is 35.5. The molecule has 0 radical (unpaired) electrons. The predicted molar refractivity (Wildman–Crippen MR) is 114 cm³/mol. The molecular formula is C20H22ClN3O5S. The Bertz CT molecular complexity index is 1080. The van der Waals surface area contributed by atoms with Gasteiger partial charge in [0.2, 0.25) is 10.0 Å². The summed E-state index contributed by atoms with van der Waals surface area (Å²) in [6.45, 7) is 2.44. The molecule has 1 fully saturated rings. The summed E-state index contributed by atoms with van der Waals surface area (Å²) in [5.41, 5.74) is 0.684. The molecule has 0 aromatic heterocycles. The minimum atomic E-state index is -3.84. The smallest absolute Gasteiger partial charge is 0.274 e. The van der Waals surface area contributed by atoms with Crippen LogP contribution in [0, 0.1) is 17.0 Å². The van der Waals surface area contributed by atoms with Crippen molar-refractivity contribution in [1.82, 2.24) is 4.31 Å². The summed E-state index contributed by atoms with van der Waals surface area (Å²) >= 11 is 6.17. The van der Waals surface area contributed by atoms with Crippen molar-refractivity contribution in [1.29, 1.82) is 0 Å². The van der Waals surface area contributed by atoms with Gasteiger partial charge in [-0.2, -0.15) is 4.31 Å². The van der Waals surface area contributed by atoms with E-state index in [-0.39, 0.29) is 26.9 Å². The first kappa shape index (κ1) is 22.2. The monoisotopic (exact) mass is 451 g/mol. The number of nitrogens with zero attached hydrogens (tertiary/aromatic N) is 2. The van der Waals surface area contributed by atoms with E-state index < -0.39 is 20.9 Å². The molecule has 1 heterocycles. The van der Waals surface area contributed by atoms with Crippen molar-refractivity contribution in [3.05, 3.63) is 62.7 Å². The molecule has 1 aliphatic rings. The predicted octanol–water partition coefficient (Wildman–Crippen LogP) is 4.37. The number of amides is 1. The van der Waals surface area contributed by atoms with Gasteiger partial charge in [-0.1, -0.05) is 30.5 Å². The van der Waals surface area contributed by atoms with Crippen LogP contribution < -0.4 is 5.32 Å². The Kier molecular flexibility index (Phi) is 6.74. The molecule has 0 spiro atoms. The van der Waals surface area contributed by atoms with E-state index in [4.69, 9.17) is 11.6 Å². The van der Waals surface area contributed by atoms with Gasteiger partial charge >= 0.3 is 0 Å². The molecule has 1 N–H and O–H groups in total. The molecule has 30 heavy (non-hydrogen) atoms. The Balaban J connectivity index is 1.88. The zero-order chi connectivity index (χ0) is 21.9. The van der Waals surface area contributed by atoms with E-state index in [0.717, 1.165) is 25.7 Å². The maximum atomic E-state index is 13.1. The first-order chi connectivity index (χ1) is 14.2. The standard InChI is InChI=1S/C20H22ClN3O5S/c1-14-6-8-16(13-18(14)24(26)27)22-20(25)15-7-9-17(21)19(12-15)30(28,29)23-10-4-2-3-5-11-23/h6-9,12-13H,2-5,10-11H2,1H3,(H,22,25). The lowest BCUT2D eigenvalue weighted by Crippen LogP contribution is -2.32. The topological polar surface area (TPSA) is 110 Å². The van der Waals surface area contributed by atoms with Gasteiger partial charge in [0.1, 0.15) is 4.90 Å². The van der Waals surface area contributed by atoms with Gasteiger partial charge in [0, 0.05) is 36.0 Å². The molecule has 0 saturated carbocycles. The van der Waals surface area contributed by atoms with Crippen molar-refractivity contribution in [2.75, 3.05) is 18.4 Å². The first-order valence-corrected chi connectivity index (χ1v) is 11.4. The average Bonchev–Trinajstić information content (AvgIpc) is 2.99. The minimum absolute atomic E-state index is 0.0433. The van der Waals surface area contributed by atoms with Crippen molar-refractivity contribution in [2.24, 2.45) is 0 Å². The van der Waals surface area contributed by atoms with Crippen LogP contribution in [0.4, 0.5) is 11.4 Å². The van der Waals surface area contributed by atoms with E-state index in [0.29, 0.717) is 18.7 Å². The van der Waals surface area contributed by atoms with Crippen molar-refractivity contribution >= 4 is 38.9 Å². The zero-order valence-electron chi connectivity index (χ0n) is 16.4. The number of sulfonamides is 1. The van der Waals surface area contributed by atoms with Gasteiger partial charge in [-0.05, 0) is 44.0 Å². The molecule has 8 nitrogen and oxygen atoms in total. The number of nitro benzene ring substituents is 1. The number of carbonyl (C=O) groups is 1. The van der Waals surface area contributed by atoms with E-state index in [1.807, 2.05) is 0 Å². The largest absolute Gasteiger partial charge is 0.322 e. The number of benzene rings is 2. The Labute approximate surface area is 180 Å². The van der Waals surface area contributed by atoms with E-state index in [2.05, 4.69) is 5.32 Å². The fourth-order valence-corrected chi connectivity index (χ4v) is 5.37. The Morgan fingerprint density at radius 1 is 1.10 bits per heavy atom. The van der Waals surface area contributed by atoms with Crippen LogP contribution in [0.3, 0.4) is 0 Å². The second-order valence-electron chi connectivity index (χ2n) is 7.18. The van der Waals surface area contributed by atoms with Crippen molar-refractivity contribution in [2.45, 2.75) is 37.5 Å². The van der Waals surface area contributed by atoms with Gasteiger partial charge in [-0.15, -0.1) is 0 Å². The van der Waals surface area contributed by atoms with Crippen LogP contribution in [-0.2, 0) is 10.0 Å². The van der Waals surface area contributed by atoms with Crippen molar-refractivity contribution in [3.63, 3.8) is 0 Å². The zero-order valence-corrected chi connectivity index (χ0v) is 18.0. The molecular weight excluding hydrogens is 430 g/mol. The van der Waals surface area contributed by atoms with Gasteiger partial charge in [-0.25, -0.2) is 8.42 Å². The average molecular weight is 452 g/mol. The maximum Gasteiger partial charge on any atom is 0.274 e. The SMILES string of the molecule is Cc1ccc(NC(=O)c2ccc(Cl)c(S(=O)(=O)N3CCCCCC3)c2)cc1[N+](=O)[O-]. The molecule has 0 unspecified atom stereocenters. The highest BCUT2D eigenvalue weighted by molar-refractivity contribution is 7.89. The van der Waals surface area contributed by atoms with Crippen molar-refractivity contribution < 1.29 is 18.1 Å². The highest BCUT2D eigenvalue weighted by Crippen LogP contribution is 2.28. The summed E-state index contributed by atoms with van der Waals surface area (Å²) in [7, 11) is -3.84. The molecule has 160 valence electrons. The lowest BCUT2D eigenvalue weighted by molar-refractivity contribution is -0.385. The summed E-state index contributed by atoms with van der Waals surface area (Å²) in [4.78, 5) is 23.1. The molecule has 0 aliphatic carbocycles. The van der Waals surface area contributed by atoms with E-state index in [9.17, 15) is 23.3 Å². The molecule has 0 atom stereocenters. The first-order valence-electron chi connectivity index (χ1n) is 9.56. The van der Waals surface area contributed by atoms with E-state index in [1.165, 1.54) is 34.6 Å². The molecule has 1 saturated heterocycles. The highest BCUT2D eigenvalue weighted by Gasteiger charge is 2.28.